The molecule has 0 saturated heterocycles. The van der Waals surface area contributed by atoms with Crippen LogP contribution in [0.5, 0.6) is 0 Å². The largest absolute Gasteiger partial charge is 0.309 e. The summed E-state index contributed by atoms with van der Waals surface area (Å²) >= 11 is 0. The maximum absolute atomic E-state index is 2.86. The Kier molecular flexibility index (Phi) is 15.8. The van der Waals surface area contributed by atoms with Gasteiger partial charge in [-0.05, 0) is 145 Å². The highest BCUT2D eigenvalue weighted by molar-refractivity contribution is 7.20. The Hall–Kier alpha value is -11.1. The smallest absolute Gasteiger partial charge is 0.179 e. The molecule has 16 aromatic carbocycles. The summed E-state index contributed by atoms with van der Waals surface area (Å²) in [6, 6.07) is 138. The molecule has 0 spiro atoms. The van der Waals surface area contributed by atoms with E-state index in [4.69, 9.17) is 0 Å². The van der Waals surface area contributed by atoms with Crippen molar-refractivity contribution in [3.05, 3.63) is 375 Å². The minimum Gasteiger partial charge on any atom is -0.309 e. The highest BCUT2D eigenvalue weighted by Gasteiger charge is 2.43. The van der Waals surface area contributed by atoms with Crippen molar-refractivity contribution in [3.63, 3.8) is 0 Å². The van der Waals surface area contributed by atoms with Crippen molar-refractivity contribution in [1.82, 2.24) is 0 Å². The summed E-state index contributed by atoms with van der Waals surface area (Å²) in [6.07, 6.45) is 0. The third-order valence-corrected chi connectivity index (χ3v) is 29.9. The quantitative estimate of drug-likeness (QED) is 0.0540. The second-order valence-electron chi connectivity index (χ2n) is 26.3. The highest BCUT2D eigenvalue weighted by Crippen LogP contribution is 2.50. The van der Waals surface area contributed by atoms with Crippen LogP contribution in [-0.4, -0.2) is 16.1 Å². The Morgan fingerprint density at radius 3 is 0.760 bits per heavy atom. The summed E-state index contributed by atoms with van der Waals surface area (Å²) in [4.78, 5) is 5.14. The minimum atomic E-state index is -2.86. The molecule has 0 aliphatic heterocycles. The maximum atomic E-state index is 2.57. The predicted molar refractivity (Wildman–Crippen MR) is 419 cm³/mol. The summed E-state index contributed by atoms with van der Waals surface area (Å²) in [5.41, 5.74) is 9.29. The molecule has 0 atom stereocenters. The van der Waals surface area contributed by atoms with Crippen LogP contribution in [0.1, 0.15) is 50.7 Å². The Morgan fingerprint density at radius 1 is 0.198 bits per heavy atom. The van der Waals surface area contributed by atoms with Crippen LogP contribution in [0, 0.1) is 0 Å². The molecular formula is C92H74N2Si2. The molecule has 16 aromatic rings. The van der Waals surface area contributed by atoms with Crippen LogP contribution in [0.25, 0.3) is 53.9 Å². The van der Waals surface area contributed by atoms with E-state index in [1.165, 1.54) is 106 Å². The van der Waals surface area contributed by atoms with Gasteiger partial charge < -0.3 is 9.80 Å². The number of nitrogens with zero attached hydrogens (tertiary/aromatic N) is 2. The molecule has 0 fully saturated rings. The van der Waals surface area contributed by atoms with Crippen LogP contribution in [0.15, 0.2) is 364 Å². The van der Waals surface area contributed by atoms with Gasteiger partial charge in [0.25, 0.3) is 0 Å². The number of benzene rings is 16. The molecular weight excluding hydrogens is 1190 g/mol. The van der Waals surface area contributed by atoms with Gasteiger partial charge in [-0.25, -0.2) is 0 Å². The van der Waals surface area contributed by atoms with Crippen LogP contribution in [0.4, 0.5) is 34.1 Å². The zero-order chi connectivity index (χ0) is 64.7. The first kappa shape index (κ1) is 59.8. The second-order valence-corrected chi connectivity index (χ2v) is 33.9. The Balaban J connectivity index is 0.969. The summed E-state index contributed by atoms with van der Waals surface area (Å²) < 4.78 is 0. The lowest BCUT2D eigenvalue weighted by atomic mass is 9.89. The van der Waals surface area contributed by atoms with Crippen molar-refractivity contribution >= 4 is 146 Å². The maximum Gasteiger partial charge on any atom is 0.179 e. The average Bonchev–Trinajstić information content (AvgIpc) is 0.716. The first-order valence-corrected chi connectivity index (χ1v) is 37.9. The molecule has 0 aliphatic rings. The third-order valence-electron chi connectivity index (χ3n) is 20.3. The fraction of sp³-hybridized carbons (Fsp3) is 0.0652. The van der Waals surface area contributed by atoms with E-state index in [2.05, 4.69) is 401 Å². The zero-order valence-corrected chi connectivity index (χ0v) is 56.7. The molecule has 0 N–H and O–H groups in total. The Labute approximate surface area is 566 Å². The van der Waals surface area contributed by atoms with Gasteiger partial charge in [-0.2, -0.15) is 0 Å². The van der Waals surface area contributed by atoms with Crippen molar-refractivity contribution in [2.75, 3.05) is 9.80 Å². The molecule has 0 aliphatic carbocycles. The van der Waals surface area contributed by atoms with Gasteiger partial charge >= 0.3 is 0 Å². The molecule has 0 aromatic heterocycles. The molecule has 0 bridgehead atoms. The summed E-state index contributed by atoms with van der Waals surface area (Å²) in [7, 11) is -5.71. The van der Waals surface area contributed by atoms with Crippen LogP contribution in [0.3, 0.4) is 0 Å². The predicted octanol–water partition coefficient (Wildman–Crippen LogP) is 19.4. The van der Waals surface area contributed by atoms with Crippen molar-refractivity contribution in [2.45, 2.75) is 39.5 Å². The molecule has 96 heavy (non-hydrogen) atoms. The van der Waals surface area contributed by atoms with Gasteiger partial charge in [0.05, 0.1) is 22.7 Å². The number of anilines is 6. The Bertz CT molecular complexity index is 4900. The number of rotatable bonds is 16. The van der Waals surface area contributed by atoms with E-state index in [0.717, 1.165) is 34.1 Å². The Morgan fingerprint density at radius 2 is 0.458 bits per heavy atom. The lowest BCUT2D eigenvalue weighted by Crippen LogP contribution is -2.74. The summed E-state index contributed by atoms with van der Waals surface area (Å²) in [6.45, 7) is 9.31. The average molecular weight is 1260 g/mol. The van der Waals surface area contributed by atoms with Gasteiger partial charge in [-0.15, -0.1) is 0 Å². The molecule has 2 nitrogen and oxygen atoms in total. The molecule has 0 radical (unpaired) electrons. The van der Waals surface area contributed by atoms with Gasteiger partial charge in [-0.1, -0.05) is 343 Å². The number of hydrogen-bond donors (Lipinski definition) is 0. The SMILES string of the molecule is CC(C)c1ccc2c(N(c3ccc([Si](c4ccccc4)(c4ccccc4)c4ccccc4)cc3)c3cccc4ccccc34)cc3c4cc(C(C)C)ccc4c(N(c4ccc([Si](c5ccccc5)(c5ccccc5)c5ccccc5)cc4)c4cccc5ccccc45)cc3c2c1. The van der Waals surface area contributed by atoms with Gasteiger partial charge in [-0.3, -0.25) is 0 Å². The van der Waals surface area contributed by atoms with E-state index in [1.54, 1.807) is 0 Å². The lowest BCUT2D eigenvalue weighted by molar-refractivity contribution is 0.868. The first-order valence-electron chi connectivity index (χ1n) is 33.9. The molecule has 0 amide bonds. The summed E-state index contributed by atoms with van der Waals surface area (Å²) in [5, 5.41) is 22.7. The van der Waals surface area contributed by atoms with E-state index in [-0.39, 0.29) is 11.8 Å². The van der Waals surface area contributed by atoms with E-state index < -0.39 is 16.1 Å². The molecule has 16 rings (SSSR count). The van der Waals surface area contributed by atoms with Crippen LogP contribution >= 0.6 is 0 Å². The molecule has 0 saturated carbocycles. The van der Waals surface area contributed by atoms with E-state index >= 15 is 0 Å². The topological polar surface area (TPSA) is 6.48 Å². The van der Waals surface area contributed by atoms with Crippen molar-refractivity contribution < 1.29 is 0 Å². The van der Waals surface area contributed by atoms with Crippen LogP contribution in [-0.2, 0) is 0 Å². The van der Waals surface area contributed by atoms with Crippen molar-refractivity contribution in [2.24, 2.45) is 0 Å². The molecule has 0 unspecified atom stereocenters. The van der Waals surface area contributed by atoms with Crippen LogP contribution in [0.2, 0.25) is 0 Å². The normalized spacial score (nSPS) is 11.9. The summed E-state index contributed by atoms with van der Waals surface area (Å²) in [5.74, 6) is 0.573. The fourth-order valence-electron chi connectivity index (χ4n) is 15.6. The second kappa shape index (κ2) is 25.3. The molecule has 4 heteroatoms. The van der Waals surface area contributed by atoms with E-state index in [0.29, 0.717) is 0 Å². The van der Waals surface area contributed by atoms with Crippen molar-refractivity contribution in [3.8, 4) is 0 Å². The first-order chi connectivity index (χ1) is 47.3. The monoisotopic (exact) mass is 1260 g/mol. The lowest BCUT2D eigenvalue weighted by Gasteiger charge is -2.35. The zero-order valence-electron chi connectivity index (χ0n) is 54.7. The highest BCUT2D eigenvalue weighted by atomic mass is 28.3. The van der Waals surface area contributed by atoms with E-state index in [9.17, 15) is 0 Å². The van der Waals surface area contributed by atoms with Crippen molar-refractivity contribution in [1.29, 1.82) is 0 Å². The molecule has 460 valence electrons. The van der Waals surface area contributed by atoms with Gasteiger partial charge in [0, 0.05) is 32.9 Å². The standard InChI is InChI=1S/C92H74N2Si2/c1-65(2)69-49-59-83-85(61-69)87-63-92(94(90-48-28-32-68-30-24-26-46-82(68)90)72-53-57-80(58-54-72)96(76-39-17-8-18-40-76,77-41-19-9-20-42-77)78-43-21-10-22-44-78)84-60-50-70(66(3)4)62-86(84)88(87)64-91(83)93(89-47-27-31-67-29-23-25-45-81(67)89)71-51-55-79(56-52-71)95(73-33-11-5-12-34-73,74-35-13-6-14-36-74)75-37-15-7-16-38-75/h5-66H,1-4H3. The van der Waals surface area contributed by atoms with Gasteiger partial charge in [0.15, 0.2) is 16.1 Å². The number of fused-ring (bicyclic) bond motifs is 7. The number of hydrogen-bond acceptors (Lipinski definition) is 2. The van der Waals surface area contributed by atoms with Crippen LogP contribution < -0.4 is 51.3 Å². The molecule has 0 heterocycles. The van der Waals surface area contributed by atoms with Gasteiger partial charge in [0.1, 0.15) is 0 Å². The van der Waals surface area contributed by atoms with E-state index in [1.807, 2.05) is 0 Å². The van der Waals surface area contributed by atoms with Gasteiger partial charge in [0.2, 0.25) is 0 Å². The minimum absolute atomic E-state index is 0.287. The fourth-order valence-corrected chi connectivity index (χ4v) is 25.1. The third kappa shape index (κ3) is 10.2.